The van der Waals surface area contributed by atoms with Crippen LogP contribution in [0.25, 0.3) is 0 Å². The Balaban J connectivity index is 3.13. The third kappa shape index (κ3) is 4.09. The van der Waals surface area contributed by atoms with Gasteiger partial charge in [-0.3, -0.25) is 4.21 Å². The van der Waals surface area contributed by atoms with Crippen molar-refractivity contribution in [2.75, 3.05) is 18.6 Å². The van der Waals surface area contributed by atoms with Gasteiger partial charge in [0.15, 0.2) is 0 Å². The second-order valence-electron chi connectivity index (χ2n) is 4.08. The molecule has 0 aliphatic carbocycles. The standard InChI is InChI=1S/C11H14FNO5S2/c1-7-5-8(6-9(10(7)12)11(14)15)20(17,18)13-3-4-19(2)16/h5-6,13H,3-4H2,1-2H3,(H,14,15). The SMILES string of the molecule is Cc1cc(S(=O)(=O)NCCS(C)=O)cc(C(=O)O)c1F. The van der Waals surface area contributed by atoms with Crippen molar-refractivity contribution in [1.82, 2.24) is 4.72 Å². The number of carbonyl (C=O) groups is 1. The van der Waals surface area contributed by atoms with E-state index in [4.69, 9.17) is 5.11 Å². The molecule has 2 N–H and O–H groups in total. The first-order valence-electron chi connectivity index (χ1n) is 5.48. The predicted octanol–water partition coefficient (Wildman–Crippen LogP) is 0.489. The number of hydrogen-bond donors (Lipinski definition) is 2. The van der Waals surface area contributed by atoms with Crippen LogP contribution < -0.4 is 4.72 Å². The molecule has 1 atom stereocenters. The number of aryl methyl sites for hydroxylation is 1. The molecule has 1 unspecified atom stereocenters. The van der Waals surface area contributed by atoms with Crippen LogP contribution >= 0.6 is 0 Å². The summed E-state index contributed by atoms with van der Waals surface area (Å²) < 4.78 is 50.4. The highest BCUT2D eigenvalue weighted by molar-refractivity contribution is 7.89. The Labute approximate surface area is 118 Å². The Morgan fingerprint density at radius 2 is 2.05 bits per heavy atom. The molecule has 0 radical (unpaired) electrons. The molecule has 6 nitrogen and oxygen atoms in total. The van der Waals surface area contributed by atoms with Crippen LogP contribution in [-0.2, 0) is 20.8 Å². The maximum atomic E-state index is 13.5. The maximum Gasteiger partial charge on any atom is 0.338 e. The summed E-state index contributed by atoms with van der Waals surface area (Å²) >= 11 is 0. The van der Waals surface area contributed by atoms with Crippen LogP contribution in [0.3, 0.4) is 0 Å². The van der Waals surface area contributed by atoms with Crippen LogP contribution in [0, 0.1) is 12.7 Å². The maximum absolute atomic E-state index is 13.5. The van der Waals surface area contributed by atoms with E-state index in [-0.39, 0.29) is 22.8 Å². The van der Waals surface area contributed by atoms with E-state index in [1.54, 1.807) is 0 Å². The Morgan fingerprint density at radius 1 is 1.45 bits per heavy atom. The number of rotatable bonds is 6. The third-order valence-corrected chi connectivity index (χ3v) is 4.67. The van der Waals surface area contributed by atoms with Crippen molar-refractivity contribution in [3.05, 3.63) is 29.1 Å². The first-order chi connectivity index (χ1) is 9.15. The number of carboxylic acids is 1. The number of benzene rings is 1. The van der Waals surface area contributed by atoms with E-state index in [0.29, 0.717) is 0 Å². The van der Waals surface area contributed by atoms with Gasteiger partial charge in [-0.25, -0.2) is 22.3 Å². The van der Waals surface area contributed by atoms with Gasteiger partial charge < -0.3 is 5.11 Å². The molecule has 0 aliphatic heterocycles. The van der Waals surface area contributed by atoms with E-state index in [1.807, 2.05) is 0 Å². The number of sulfonamides is 1. The quantitative estimate of drug-likeness (QED) is 0.793. The lowest BCUT2D eigenvalue weighted by Gasteiger charge is -2.09. The first-order valence-corrected chi connectivity index (χ1v) is 8.69. The summed E-state index contributed by atoms with van der Waals surface area (Å²) in [5.41, 5.74) is -0.784. The van der Waals surface area contributed by atoms with Crippen molar-refractivity contribution in [1.29, 1.82) is 0 Å². The second-order valence-corrected chi connectivity index (χ2v) is 7.40. The van der Waals surface area contributed by atoms with Crippen LogP contribution in [0.1, 0.15) is 15.9 Å². The molecule has 1 aromatic carbocycles. The fourth-order valence-electron chi connectivity index (χ4n) is 1.45. The molecule has 0 aliphatic rings. The molecule has 0 spiro atoms. The minimum absolute atomic E-state index is 0.0513. The van der Waals surface area contributed by atoms with Crippen LogP contribution in [-0.4, -0.2) is 42.3 Å². The average Bonchev–Trinajstić information content (AvgIpc) is 2.31. The van der Waals surface area contributed by atoms with E-state index in [1.165, 1.54) is 13.2 Å². The Hall–Kier alpha value is -1.32. The van der Waals surface area contributed by atoms with Crippen molar-refractivity contribution < 1.29 is 26.9 Å². The van der Waals surface area contributed by atoms with Crippen molar-refractivity contribution in [2.45, 2.75) is 11.8 Å². The van der Waals surface area contributed by atoms with Gasteiger partial charge in [0.1, 0.15) is 5.82 Å². The highest BCUT2D eigenvalue weighted by atomic mass is 32.2. The van der Waals surface area contributed by atoms with E-state index in [0.717, 1.165) is 12.1 Å². The highest BCUT2D eigenvalue weighted by Crippen LogP contribution is 2.19. The summed E-state index contributed by atoms with van der Waals surface area (Å²) in [6, 6.07) is 1.81. The first kappa shape index (κ1) is 16.7. The summed E-state index contributed by atoms with van der Waals surface area (Å²) in [6.07, 6.45) is 1.43. The van der Waals surface area contributed by atoms with Crippen LogP contribution in [0.5, 0.6) is 0 Å². The smallest absolute Gasteiger partial charge is 0.338 e. The predicted molar refractivity (Wildman–Crippen MR) is 72.2 cm³/mol. The molecule has 9 heteroatoms. The zero-order valence-electron chi connectivity index (χ0n) is 10.8. The number of halogens is 1. The van der Waals surface area contributed by atoms with E-state index >= 15 is 0 Å². The summed E-state index contributed by atoms with van der Waals surface area (Å²) in [5.74, 6) is -2.38. The van der Waals surface area contributed by atoms with Gasteiger partial charge in [-0.05, 0) is 24.6 Å². The monoisotopic (exact) mass is 323 g/mol. The Kier molecular flexibility index (Phi) is 5.37. The lowest BCUT2D eigenvalue weighted by atomic mass is 10.1. The average molecular weight is 323 g/mol. The summed E-state index contributed by atoms with van der Waals surface area (Å²) in [6.45, 7) is 1.23. The molecular weight excluding hydrogens is 309 g/mol. The molecule has 0 fully saturated rings. The molecule has 0 aromatic heterocycles. The minimum Gasteiger partial charge on any atom is -0.478 e. The van der Waals surface area contributed by atoms with Crippen LogP contribution in [0.15, 0.2) is 17.0 Å². The number of nitrogens with one attached hydrogen (secondary N) is 1. The lowest BCUT2D eigenvalue weighted by molar-refractivity contribution is 0.0691. The number of hydrogen-bond acceptors (Lipinski definition) is 4. The summed E-state index contributed by atoms with van der Waals surface area (Å²) in [4.78, 5) is 10.5. The molecule has 1 aromatic rings. The van der Waals surface area contributed by atoms with Crippen molar-refractivity contribution >= 4 is 26.8 Å². The van der Waals surface area contributed by atoms with Gasteiger partial charge in [-0.15, -0.1) is 0 Å². The van der Waals surface area contributed by atoms with Gasteiger partial charge in [-0.1, -0.05) is 0 Å². The summed E-state index contributed by atoms with van der Waals surface area (Å²) in [7, 11) is -5.12. The molecule has 0 saturated heterocycles. The van der Waals surface area contributed by atoms with Crippen molar-refractivity contribution in [3.8, 4) is 0 Å². The molecule has 1 rings (SSSR count). The topological polar surface area (TPSA) is 101 Å². The Morgan fingerprint density at radius 3 is 2.55 bits per heavy atom. The minimum atomic E-state index is -3.97. The molecule has 0 amide bonds. The zero-order valence-corrected chi connectivity index (χ0v) is 12.5. The molecule has 20 heavy (non-hydrogen) atoms. The third-order valence-electron chi connectivity index (χ3n) is 2.45. The van der Waals surface area contributed by atoms with Crippen molar-refractivity contribution in [2.24, 2.45) is 0 Å². The number of carboxylic acid groups (broad SMARTS) is 1. The molecule has 112 valence electrons. The van der Waals surface area contributed by atoms with Crippen LogP contribution in [0.2, 0.25) is 0 Å². The normalized spacial score (nSPS) is 13.2. The van der Waals surface area contributed by atoms with Gasteiger partial charge in [0.05, 0.1) is 10.5 Å². The van der Waals surface area contributed by atoms with Gasteiger partial charge >= 0.3 is 5.97 Å². The summed E-state index contributed by atoms with van der Waals surface area (Å²) in [5, 5.41) is 8.83. The molecular formula is C11H14FNO5S2. The fraction of sp³-hybridized carbons (Fsp3) is 0.364. The van der Waals surface area contributed by atoms with E-state index < -0.39 is 38.2 Å². The van der Waals surface area contributed by atoms with E-state index in [2.05, 4.69) is 4.72 Å². The van der Waals surface area contributed by atoms with Crippen LogP contribution in [0.4, 0.5) is 4.39 Å². The Bertz CT molecular complexity index is 657. The van der Waals surface area contributed by atoms with E-state index in [9.17, 15) is 21.8 Å². The molecule has 0 heterocycles. The molecule has 0 saturated carbocycles. The van der Waals surface area contributed by atoms with Gasteiger partial charge in [0, 0.05) is 29.4 Å². The fourth-order valence-corrected chi connectivity index (χ4v) is 3.11. The molecule has 0 bridgehead atoms. The second kappa shape index (κ2) is 6.42. The van der Waals surface area contributed by atoms with Gasteiger partial charge in [-0.2, -0.15) is 0 Å². The zero-order chi connectivity index (χ0) is 15.5. The largest absolute Gasteiger partial charge is 0.478 e. The van der Waals surface area contributed by atoms with Gasteiger partial charge in [0.2, 0.25) is 10.0 Å². The van der Waals surface area contributed by atoms with Crippen molar-refractivity contribution in [3.63, 3.8) is 0 Å². The van der Waals surface area contributed by atoms with Gasteiger partial charge in [0.25, 0.3) is 0 Å². The lowest BCUT2D eigenvalue weighted by Crippen LogP contribution is -2.28. The number of aromatic carboxylic acids is 1. The highest BCUT2D eigenvalue weighted by Gasteiger charge is 2.21.